The van der Waals surface area contributed by atoms with Crippen LogP contribution in [0.15, 0.2) is 53.1 Å². The van der Waals surface area contributed by atoms with E-state index in [-0.39, 0.29) is 5.91 Å². The van der Waals surface area contributed by atoms with E-state index in [0.29, 0.717) is 41.0 Å². The second kappa shape index (κ2) is 7.81. The van der Waals surface area contributed by atoms with Crippen molar-refractivity contribution in [1.29, 1.82) is 0 Å². The third-order valence-electron chi connectivity index (χ3n) is 3.51. The standard InChI is InChI=1S/C18H16ClN3O3/c1-24-15-7-3-5-13(11-15)18(23)20-9-8-16-21-17(22-25-16)12-4-2-6-14(19)10-12/h2-7,10-11H,8-9H2,1H3,(H,20,23). The van der Waals surface area contributed by atoms with Gasteiger partial charge < -0.3 is 14.6 Å². The summed E-state index contributed by atoms with van der Waals surface area (Å²) in [5.41, 5.74) is 1.31. The average Bonchev–Trinajstić information content (AvgIpc) is 3.10. The molecule has 0 spiro atoms. The molecule has 0 aliphatic heterocycles. The van der Waals surface area contributed by atoms with E-state index in [2.05, 4.69) is 15.5 Å². The largest absolute Gasteiger partial charge is 0.497 e. The maximum Gasteiger partial charge on any atom is 0.251 e. The molecule has 1 amide bonds. The minimum atomic E-state index is -0.187. The summed E-state index contributed by atoms with van der Waals surface area (Å²) in [6.45, 7) is 0.382. The van der Waals surface area contributed by atoms with Gasteiger partial charge in [-0.05, 0) is 30.3 Å². The summed E-state index contributed by atoms with van der Waals surface area (Å²) < 4.78 is 10.3. The van der Waals surface area contributed by atoms with E-state index in [1.807, 2.05) is 12.1 Å². The number of nitrogens with one attached hydrogen (secondary N) is 1. The first-order valence-electron chi connectivity index (χ1n) is 7.66. The molecule has 0 aliphatic rings. The Kier molecular flexibility index (Phi) is 5.30. The number of rotatable bonds is 6. The van der Waals surface area contributed by atoms with Crippen molar-refractivity contribution in [1.82, 2.24) is 15.5 Å². The van der Waals surface area contributed by atoms with Crippen molar-refractivity contribution in [2.45, 2.75) is 6.42 Å². The molecule has 0 aliphatic carbocycles. The molecule has 3 aromatic rings. The summed E-state index contributed by atoms with van der Waals surface area (Å²) in [5, 5.41) is 7.35. The summed E-state index contributed by atoms with van der Waals surface area (Å²) >= 11 is 5.96. The van der Waals surface area contributed by atoms with Gasteiger partial charge in [-0.15, -0.1) is 0 Å². The smallest absolute Gasteiger partial charge is 0.251 e. The molecule has 6 nitrogen and oxygen atoms in total. The van der Waals surface area contributed by atoms with E-state index in [4.69, 9.17) is 20.9 Å². The Balaban J connectivity index is 1.56. The van der Waals surface area contributed by atoms with Crippen LogP contribution in [-0.2, 0) is 6.42 Å². The maximum atomic E-state index is 12.1. The molecule has 128 valence electrons. The molecule has 1 N–H and O–H groups in total. The van der Waals surface area contributed by atoms with Gasteiger partial charge in [-0.25, -0.2) is 0 Å². The molecule has 0 fully saturated rings. The van der Waals surface area contributed by atoms with Gasteiger partial charge in [0, 0.05) is 29.1 Å². The van der Waals surface area contributed by atoms with Crippen molar-refractivity contribution in [2.75, 3.05) is 13.7 Å². The molecule has 0 saturated carbocycles. The van der Waals surface area contributed by atoms with Crippen molar-refractivity contribution >= 4 is 17.5 Å². The quantitative estimate of drug-likeness (QED) is 0.731. The lowest BCUT2D eigenvalue weighted by Gasteiger charge is -2.05. The van der Waals surface area contributed by atoms with Crippen molar-refractivity contribution in [3.63, 3.8) is 0 Å². The molecular formula is C18H16ClN3O3. The molecule has 0 unspecified atom stereocenters. The van der Waals surface area contributed by atoms with E-state index in [9.17, 15) is 4.79 Å². The molecule has 1 aromatic heterocycles. The summed E-state index contributed by atoms with van der Waals surface area (Å²) in [7, 11) is 1.56. The van der Waals surface area contributed by atoms with Gasteiger partial charge in [0.25, 0.3) is 5.91 Å². The zero-order valence-corrected chi connectivity index (χ0v) is 14.3. The minimum absolute atomic E-state index is 0.187. The maximum absolute atomic E-state index is 12.1. The van der Waals surface area contributed by atoms with E-state index in [1.54, 1.807) is 43.5 Å². The Morgan fingerprint density at radius 3 is 2.88 bits per heavy atom. The van der Waals surface area contributed by atoms with Crippen molar-refractivity contribution in [3.8, 4) is 17.1 Å². The predicted octanol–water partition coefficient (Wildman–Crippen LogP) is 3.37. The van der Waals surface area contributed by atoms with E-state index >= 15 is 0 Å². The highest BCUT2D eigenvalue weighted by Gasteiger charge is 2.10. The van der Waals surface area contributed by atoms with Gasteiger partial charge in [-0.1, -0.05) is 35.0 Å². The Hall–Kier alpha value is -2.86. The number of aromatic nitrogens is 2. The second-order valence-electron chi connectivity index (χ2n) is 5.26. The zero-order valence-electron chi connectivity index (χ0n) is 13.5. The highest BCUT2D eigenvalue weighted by Crippen LogP contribution is 2.20. The Labute approximate surface area is 149 Å². The van der Waals surface area contributed by atoms with Crippen LogP contribution in [-0.4, -0.2) is 29.7 Å². The van der Waals surface area contributed by atoms with Gasteiger partial charge in [-0.3, -0.25) is 4.79 Å². The van der Waals surface area contributed by atoms with Crippen LogP contribution < -0.4 is 10.1 Å². The van der Waals surface area contributed by atoms with Gasteiger partial charge in [0.15, 0.2) is 0 Å². The number of benzene rings is 2. The van der Waals surface area contributed by atoms with Crippen molar-refractivity contribution in [2.24, 2.45) is 0 Å². The Morgan fingerprint density at radius 2 is 2.08 bits per heavy atom. The molecule has 1 heterocycles. The number of hydrogen-bond donors (Lipinski definition) is 1. The molecule has 0 atom stereocenters. The fourth-order valence-electron chi connectivity index (χ4n) is 2.25. The van der Waals surface area contributed by atoms with Crippen LogP contribution in [0, 0.1) is 0 Å². The van der Waals surface area contributed by atoms with Gasteiger partial charge in [0.1, 0.15) is 5.75 Å². The van der Waals surface area contributed by atoms with Crippen LogP contribution in [0.3, 0.4) is 0 Å². The van der Waals surface area contributed by atoms with Crippen LogP contribution in [0.4, 0.5) is 0 Å². The second-order valence-corrected chi connectivity index (χ2v) is 5.70. The highest BCUT2D eigenvalue weighted by molar-refractivity contribution is 6.30. The molecular weight excluding hydrogens is 342 g/mol. The minimum Gasteiger partial charge on any atom is -0.497 e. The third kappa shape index (κ3) is 4.36. The van der Waals surface area contributed by atoms with E-state index in [1.165, 1.54) is 0 Å². The molecule has 7 heteroatoms. The van der Waals surface area contributed by atoms with E-state index in [0.717, 1.165) is 5.56 Å². The fraction of sp³-hybridized carbons (Fsp3) is 0.167. The topological polar surface area (TPSA) is 77.2 Å². The van der Waals surface area contributed by atoms with Crippen molar-refractivity contribution in [3.05, 3.63) is 65.0 Å². The normalized spacial score (nSPS) is 10.5. The molecule has 3 rings (SSSR count). The van der Waals surface area contributed by atoms with Gasteiger partial charge in [0.2, 0.25) is 11.7 Å². The summed E-state index contributed by atoms with van der Waals surface area (Å²) in [4.78, 5) is 16.4. The average molecular weight is 358 g/mol. The van der Waals surface area contributed by atoms with Crippen LogP contribution in [0.5, 0.6) is 5.75 Å². The zero-order chi connectivity index (χ0) is 17.6. The lowest BCUT2D eigenvalue weighted by molar-refractivity contribution is 0.0953. The lowest BCUT2D eigenvalue weighted by atomic mass is 10.2. The molecule has 25 heavy (non-hydrogen) atoms. The molecule has 0 saturated heterocycles. The Morgan fingerprint density at radius 1 is 1.24 bits per heavy atom. The van der Waals surface area contributed by atoms with Crippen LogP contribution in [0.1, 0.15) is 16.2 Å². The summed E-state index contributed by atoms with van der Waals surface area (Å²) in [5.74, 6) is 1.36. The SMILES string of the molecule is COc1cccc(C(=O)NCCc2nc(-c3cccc(Cl)c3)no2)c1. The predicted molar refractivity (Wildman–Crippen MR) is 93.8 cm³/mol. The molecule has 2 aromatic carbocycles. The fourth-order valence-corrected chi connectivity index (χ4v) is 2.44. The first-order chi connectivity index (χ1) is 12.2. The first-order valence-corrected chi connectivity index (χ1v) is 8.04. The number of amides is 1. The molecule has 0 bridgehead atoms. The lowest BCUT2D eigenvalue weighted by Crippen LogP contribution is -2.25. The number of hydrogen-bond acceptors (Lipinski definition) is 5. The number of nitrogens with zero attached hydrogens (tertiary/aromatic N) is 2. The Bertz CT molecular complexity index is 879. The number of carbonyl (C=O) groups excluding carboxylic acids is 1. The van der Waals surface area contributed by atoms with Crippen LogP contribution >= 0.6 is 11.6 Å². The molecule has 0 radical (unpaired) electrons. The third-order valence-corrected chi connectivity index (χ3v) is 3.74. The summed E-state index contributed by atoms with van der Waals surface area (Å²) in [6.07, 6.45) is 0.434. The highest BCUT2D eigenvalue weighted by atomic mass is 35.5. The van der Waals surface area contributed by atoms with E-state index < -0.39 is 0 Å². The van der Waals surface area contributed by atoms with Crippen LogP contribution in [0.25, 0.3) is 11.4 Å². The monoisotopic (exact) mass is 357 g/mol. The van der Waals surface area contributed by atoms with Gasteiger partial charge in [0.05, 0.1) is 7.11 Å². The first kappa shape index (κ1) is 17.0. The van der Waals surface area contributed by atoms with Crippen molar-refractivity contribution < 1.29 is 14.1 Å². The number of ether oxygens (including phenoxy) is 1. The number of halogens is 1. The number of carbonyl (C=O) groups is 1. The summed E-state index contributed by atoms with van der Waals surface area (Å²) in [6, 6.07) is 14.2. The number of methoxy groups -OCH3 is 1. The van der Waals surface area contributed by atoms with Gasteiger partial charge >= 0.3 is 0 Å². The van der Waals surface area contributed by atoms with Crippen LogP contribution in [0.2, 0.25) is 5.02 Å². The van der Waals surface area contributed by atoms with Gasteiger partial charge in [-0.2, -0.15) is 4.98 Å².